The van der Waals surface area contributed by atoms with Gasteiger partial charge < -0.3 is 19.5 Å². The van der Waals surface area contributed by atoms with E-state index < -0.39 is 35.6 Å². The van der Waals surface area contributed by atoms with Gasteiger partial charge >= 0.3 is 12.1 Å². The van der Waals surface area contributed by atoms with E-state index in [4.69, 9.17) is 14.2 Å². The number of hydrogen-bond donors (Lipinski definition) is 1. The maximum absolute atomic E-state index is 15.6. The maximum Gasteiger partial charge on any atom is 0.411 e. The molecular formula is C32H42F2N2O5. The van der Waals surface area contributed by atoms with Crippen LogP contribution in [-0.2, 0) is 27.2 Å². The summed E-state index contributed by atoms with van der Waals surface area (Å²) in [5.74, 6) is -0.481. The number of rotatable bonds is 8. The number of carbonyl (C=O) groups excluding carboxylic acids is 2. The van der Waals surface area contributed by atoms with Crippen molar-refractivity contribution in [2.45, 2.75) is 89.5 Å². The molecule has 1 heterocycles. The zero-order valence-corrected chi connectivity index (χ0v) is 24.7. The third kappa shape index (κ3) is 7.76. The second-order valence-electron chi connectivity index (χ2n) is 12.2. The van der Waals surface area contributed by atoms with Crippen LogP contribution in [0.25, 0.3) is 0 Å². The molecule has 0 radical (unpaired) electrons. The Morgan fingerprint density at radius 3 is 2.44 bits per heavy atom. The van der Waals surface area contributed by atoms with Crippen LogP contribution in [0.15, 0.2) is 36.4 Å². The zero-order valence-electron chi connectivity index (χ0n) is 24.7. The number of benzene rings is 2. The minimum Gasteiger partial charge on any atom is -0.485 e. The fourth-order valence-corrected chi connectivity index (χ4v) is 6.03. The van der Waals surface area contributed by atoms with Crippen molar-refractivity contribution >= 4 is 12.1 Å². The first-order valence-corrected chi connectivity index (χ1v) is 14.4. The van der Waals surface area contributed by atoms with Crippen molar-refractivity contribution in [2.75, 3.05) is 20.7 Å². The Balaban J connectivity index is 1.39. The fourth-order valence-electron chi connectivity index (χ4n) is 6.03. The van der Waals surface area contributed by atoms with Gasteiger partial charge in [-0.2, -0.15) is 0 Å². The summed E-state index contributed by atoms with van der Waals surface area (Å²) in [5.41, 5.74) is 2.04. The Morgan fingerprint density at radius 2 is 1.78 bits per heavy atom. The summed E-state index contributed by atoms with van der Waals surface area (Å²) in [4.78, 5) is 26.4. The van der Waals surface area contributed by atoms with Crippen molar-refractivity contribution in [3.8, 4) is 5.75 Å². The van der Waals surface area contributed by atoms with Gasteiger partial charge in [0, 0.05) is 13.0 Å². The molecule has 1 amide bonds. The van der Waals surface area contributed by atoms with Crippen molar-refractivity contribution in [2.24, 2.45) is 5.92 Å². The van der Waals surface area contributed by atoms with Crippen LogP contribution in [-0.4, -0.2) is 55.4 Å². The van der Waals surface area contributed by atoms with E-state index in [1.165, 1.54) is 18.1 Å². The van der Waals surface area contributed by atoms with Crippen LogP contribution in [0.2, 0.25) is 0 Å². The third-order valence-corrected chi connectivity index (χ3v) is 7.97. The number of nitrogens with one attached hydrogen (secondary N) is 1. The van der Waals surface area contributed by atoms with Crippen molar-refractivity contribution in [1.29, 1.82) is 0 Å². The Morgan fingerprint density at radius 1 is 1.05 bits per heavy atom. The minimum atomic E-state index is -0.868. The average molecular weight is 573 g/mol. The van der Waals surface area contributed by atoms with E-state index in [-0.39, 0.29) is 24.5 Å². The van der Waals surface area contributed by atoms with Gasteiger partial charge in [0.2, 0.25) is 0 Å². The van der Waals surface area contributed by atoms with Gasteiger partial charge in [0.15, 0.2) is 11.6 Å². The molecule has 9 heteroatoms. The Labute approximate surface area is 241 Å². The van der Waals surface area contributed by atoms with Gasteiger partial charge in [0.1, 0.15) is 23.6 Å². The summed E-state index contributed by atoms with van der Waals surface area (Å²) in [6.45, 7) is 6.02. The second-order valence-corrected chi connectivity index (χ2v) is 12.2. The lowest BCUT2D eigenvalue weighted by Crippen LogP contribution is -2.44. The summed E-state index contributed by atoms with van der Waals surface area (Å²) in [6.07, 6.45) is 3.25. The smallest absolute Gasteiger partial charge is 0.411 e. The van der Waals surface area contributed by atoms with Gasteiger partial charge in [-0.25, -0.2) is 18.4 Å². The van der Waals surface area contributed by atoms with Crippen LogP contribution >= 0.6 is 0 Å². The predicted octanol–water partition coefficient (Wildman–Crippen LogP) is 6.13. The zero-order chi connectivity index (χ0) is 29.7. The SMILES string of the molecule is CNCc1ccc(F)cc1[C@H]1CC[C@H](Cc2cccc(O[C@H]3C[C@@H](C(=O)OC)N(C(=O)OC(C)(C)C)C3)c2F)CC1. The predicted molar refractivity (Wildman–Crippen MR) is 152 cm³/mol. The first kappa shape index (κ1) is 30.8. The van der Waals surface area contributed by atoms with Crippen LogP contribution in [0.5, 0.6) is 5.75 Å². The lowest BCUT2D eigenvalue weighted by atomic mass is 9.75. The first-order valence-electron chi connectivity index (χ1n) is 14.4. The molecule has 2 fully saturated rings. The van der Waals surface area contributed by atoms with Crippen molar-refractivity contribution in [3.63, 3.8) is 0 Å². The van der Waals surface area contributed by atoms with E-state index in [9.17, 15) is 14.0 Å². The molecule has 1 saturated heterocycles. The molecule has 41 heavy (non-hydrogen) atoms. The molecule has 2 aromatic carbocycles. The molecule has 0 spiro atoms. The number of likely N-dealkylation sites (tertiary alicyclic amines) is 1. The van der Waals surface area contributed by atoms with Crippen molar-refractivity contribution < 1.29 is 32.6 Å². The van der Waals surface area contributed by atoms with Crippen molar-refractivity contribution in [1.82, 2.24) is 10.2 Å². The van der Waals surface area contributed by atoms with E-state index in [0.29, 0.717) is 30.4 Å². The molecule has 1 aliphatic carbocycles. The molecule has 2 atom stereocenters. The number of carbonyl (C=O) groups is 2. The largest absolute Gasteiger partial charge is 0.485 e. The van der Waals surface area contributed by atoms with Crippen LogP contribution in [0, 0.1) is 17.6 Å². The van der Waals surface area contributed by atoms with Gasteiger partial charge in [-0.05, 0) is 107 Å². The van der Waals surface area contributed by atoms with Gasteiger partial charge in [0.25, 0.3) is 0 Å². The summed E-state index contributed by atoms with van der Waals surface area (Å²) < 4.78 is 46.0. The monoisotopic (exact) mass is 572 g/mol. The Kier molecular flexibility index (Phi) is 9.89. The maximum atomic E-state index is 15.6. The van der Waals surface area contributed by atoms with E-state index in [1.54, 1.807) is 45.0 Å². The normalized spacial score (nSPS) is 22.9. The second kappa shape index (κ2) is 13.2. The Bertz CT molecular complexity index is 1220. The third-order valence-electron chi connectivity index (χ3n) is 7.97. The molecule has 0 aromatic heterocycles. The topological polar surface area (TPSA) is 77.1 Å². The number of halogens is 2. The van der Waals surface area contributed by atoms with Gasteiger partial charge in [-0.1, -0.05) is 18.2 Å². The highest BCUT2D eigenvalue weighted by Crippen LogP contribution is 2.39. The standard InChI is InChI=1S/C32H42F2N2O5/c1-32(2,3)41-31(38)36-19-25(17-27(36)30(37)39-5)40-28-8-6-7-22(29(28)34)15-20-9-11-21(12-10-20)26-16-24(33)14-13-23(26)18-35-4/h6-8,13-14,16,20-21,25,27,35H,9-12,15,17-19H2,1-5H3/t20-,21-,25-,27-/m0/s1. The number of hydrogen-bond acceptors (Lipinski definition) is 6. The van der Waals surface area contributed by atoms with Gasteiger partial charge in [-0.3, -0.25) is 4.90 Å². The van der Waals surface area contributed by atoms with E-state index in [1.807, 2.05) is 13.1 Å². The molecule has 224 valence electrons. The number of esters is 1. The van der Waals surface area contributed by atoms with Crippen LogP contribution in [0.3, 0.4) is 0 Å². The molecular weight excluding hydrogens is 530 g/mol. The molecule has 0 unspecified atom stereocenters. The van der Waals surface area contributed by atoms with Crippen LogP contribution in [0.1, 0.15) is 75.5 Å². The van der Waals surface area contributed by atoms with Gasteiger partial charge in [0.05, 0.1) is 13.7 Å². The molecule has 7 nitrogen and oxygen atoms in total. The number of amides is 1. The molecule has 4 rings (SSSR count). The number of methoxy groups -OCH3 is 1. The molecule has 1 N–H and O–H groups in total. The highest BCUT2D eigenvalue weighted by Gasteiger charge is 2.43. The van der Waals surface area contributed by atoms with Gasteiger partial charge in [-0.15, -0.1) is 0 Å². The summed E-state index contributed by atoms with van der Waals surface area (Å²) >= 11 is 0. The molecule has 1 saturated carbocycles. The fraction of sp³-hybridized carbons (Fsp3) is 0.562. The van der Waals surface area contributed by atoms with E-state index in [2.05, 4.69) is 5.32 Å². The molecule has 0 bridgehead atoms. The molecule has 2 aliphatic rings. The lowest BCUT2D eigenvalue weighted by Gasteiger charge is -2.30. The lowest BCUT2D eigenvalue weighted by molar-refractivity contribution is -0.145. The van der Waals surface area contributed by atoms with E-state index in [0.717, 1.165) is 36.8 Å². The molecule has 2 aromatic rings. The number of nitrogens with zero attached hydrogens (tertiary/aromatic N) is 1. The summed E-state index contributed by atoms with van der Waals surface area (Å²) in [6, 6.07) is 9.30. The average Bonchev–Trinajstić information content (AvgIpc) is 3.35. The van der Waals surface area contributed by atoms with Crippen LogP contribution in [0.4, 0.5) is 13.6 Å². The quantitative estimate of drug-likeness (QED) is 0.384. The highest BCUT2D eigenvalue weighted by molar-refractivity contribution is 5.82. The molecule has 1 aliphatic heterocycles. The summed E-state index contributed by atoms with van der Waals surface area (Å²) in [7, 11) is 3.15. The minimum absolute atomic E-state index is 0.0813. The Hall–Kier alpha value is -3.20. The van der Waals surface area contributed by atoms with Crippen LogP contribution < -0.4 is 10.1 Å². The number of ether oxygens (including phenoxy) is 3. The summed E-state index contributed by atoms with van der Waals surface area (Å²) in [5, 5.41) is 3.16. The van der Waals surface area contributed by atoms with Crippen molar-refractivity contribution in [3.05, 3.63) is 64.7 Å². The first-order chi connectivity index (χ1) is 19.5. The van der Waals surface area contributed by atoms with E-state index >= 15 is 4.39 Å². The highest BCUT2D eigenvalue weighted by atomic mass is 19.1.